The second-order valence-electron chi connectivity index (χ2n) is 2.65. The van der Waals surface area contributed by atoms with Crippen LogP contribution in [0.5, 0.6) is 11.5 Å². The van der Waals surface area contributed by atoms with Gasteiger partial charge in [-0.2, -0.15) is 0 Å². The average Bonchev–Trinajstić information content (AvgIpc) is 2.42. The summed E-state index contributed by atoms with van der Waals surface area (Å²) in [5, 5.41) is 18.4. The van der Waals surface area contributed by atoms with Crippen molar-refractivity contribution < 1.29 is 19.0 Å². The Morgan fingerprint density at radius 3 is 2.69 bits per heavy atom. The van der Waals surface area contributed by atoms with Crippen molar-refractivity contribution in [3.8, 4) is 11.5 Å². The number of hydrogen-bond donors (Lipinski definition) is 2. The lowest BCUT2D eigenvalue weighted by Crippen LogP contribution is -1.84. The van der Waals surface area contributed by atoms with Crippen LogP contribution in [0.4, 0.5) is 0 Å². The Kier molecular flexibility index (Phi) is 1.36. The predicted molar refractivity (Wildman–Crippen MR) is 42.8 cm³/mol. The van der Waals surface area contributed by atoms with Gasteiger partial charge in [0.05, 0.1) is 0 Å². The van der Waals surface area contributed by atoms with E-state index in [-0.39, 0.29) is 28.2 Å². The topological polar surface area (TPSA) is 83.8 Å². The molecule has 2 N–H and O–H groups in total. The van der Waals surface area contributed by atoms with E-state index < -0.39 is 5.82 Å². The highest BCUT2D eigenvalue weighted by Gasteiger charge is 2.14. The third kappa shape index (κ3) is 0.970. The second-order valence-corrected chi connectivity index (χ2v) is 2.65. The van der Waals surface area contributed by atoms with Crippen LogP contribution < -0.4 is 5.82 Å². The Hall–Kier alpha value is -1.91. The van der Waals surface area contributed by atoms with Crippen LogP contribution in [-0.4, -0.2) is 10.2 Å². The minimum atomic E-state index is -0.858. The molecule has 68 valence electrons. The molecule has 0 saturated carbocycles. The lowest BCUT2D eigenvalue weighted by molar-refractivity contribution is 0.401. The van der Waals surface area contributed by atoms with Crippen LogP contribution in [0, 0.1) is 6.92 Å². The third-order valence-corrected chi connectivity index (χ3v) is 1.81. The zero-order valence-electron chi connectivity index (χ0n) is 6.70. The lowest BCUT2D eigenvalue weighted by atomic mass is 10.2. The number of phenolic OH excluding ortho intramolecular Hbond substituents is 2. The fraction of sp³-hybridized carbons (Fsp3) is 0.125. The van der Waals surface area contributed by atoms with Crippen molar-refractivity contribution in [2.75, 3.05) is 0 Å². The molecule has 1 heterocycles. The van der Waals surface area contributed by atoms with E-state index >= 15 is 0 Å². The van der Waals surface area contributed by atoms with E-state index in [1.807, 2.05) is 0 Å². The average molecular weight is 182 g/mol. The Labute approximate surface area is 71.8 Å². The van der Waals surface area contributed by atoms with Gasteiger partial charge in [0.1, 0.15) is 0 Å². The molecule has 0 fully saturated rings. The fourth-order valence-corrected chi connectivity index (χ4v) is 1.14. The predicted octanol–water partition coefficient (Wildman–Crippen LogP) is 1.11. The number of fused-ring (bicyclic) bond motifs is 1. The fourth-order valence-electron chi connectivity index (χ4n) is 1.14. The van der Waals surface area contributed by atoms with Gasteiger partial charge in [0.2, 0.25) is 0 Å². The summed E-state index contributed by atoms with van der Waals surface area (Å²) in [4.78, 5) is 10.7. The maximum atomic E-state index is 10.7. The SMILES string of the molecule is Cc1c(O)c(O)cc2oc(=O)oc12. The van der Waals surface area contributed by atoms with E-state index in [0.717, 1.165) is 6.07 Å². The molecule has 0 spiro atoms. The molecule has 1 aromatic heterocycles. The van der Waals surface area contributed by atoms with Crippen molar-refractivity contribution in [2.45, 2.75) is 6.92 Å². The van der Waals surface area contributed by atoms with Crippen molar-refractivity contribution in [2.24, 2.45) is 0 Å². The molecule has 2 rings (SSSR count). The Balaban J connectivity index is 3.00. The summed E-state index contributed by atoms with van der Waals surface area (Å²) < 4.78 is 9.23. The number of hydrogen-bond acceptors (Lipinski definition) is 5. The molecular weight excluding hydrogens is 176 g/mol. The minimum absolute atomic E-state index is 0.123. The minimum Gasteiger partial charge on any atom is -0.504 e. The van der Waals surface area contributed by atoms with Crippen LogP contribution >= 0.6 is 0 Å². The molecular formula is C8H6O5. The molecule has 2 aromatic rings. The molecule has 0 atom stereocenters. The maximum Gasteiger partial charge on any atom is 0.519 e. The van der Waals surface area contributed by atoms with Gasteiger partial charge in [-0.25, -0.2) is 4.79 Å². The van der Waals surface area contributed by atoms with Crippen molar-refractivity contribution in [3.05, 3.63) is 22.2 Å². The number of aromatic hydroxyl groups is 2. The smallest absolute Gasteiger partial charge is 0.504 e. The van der Waals surface area contributed by atoms with Gasteiger partial charge < -0.3 is 19.0 Å². The molecule has 5 nitrogen and oxygen atoms in total. The molecule has 0 aliphatic carbocycles. The summed E-state index contributed by atoms with van der Waals surface area (Å²) in [6, 6.07) is 1.13. The largest absolute Gasteiger partial charge is 0.519 e. The normalized spacial score (nSPS) is 10.8. The molecule has 0 radical (unpaired) electrons. The van der Waals surface area contributed by atoms with E-state index in [1.54, 1.807) is 0 Å². The van der Waals surface area contributed by atoms with Crippen molar-refractivity contribution in [3.63, 3.8) is 0 Å². The van der Waals surface area contributed by atoms with Crippen molar-refractivity contribution in [1.29, 1.82) is 0 Å². The first-order valence-corrected chi connectivity index (χ1v) is 3.55. The molecule has 5 heteroatoms. The van der Waals surface area contributed by atoms with Crippen molar-refractivity contribution in [1.82, 2.24) is 0 Å². The van der Waals surface area contributed by atoms with Crippen molar-refractivity contribution >= 4 is 11.2 Å². The highest BCUT2D eigenvalue weighted by Crippen LogP contribution is 2.34. The van der Waals surface area contributed by atoms with Gasteiger partial charge in [0.25, 0.3) is 0 Å². The summed E-state index contributed by atoms with van der Waals surface area (Å²) >= 11 is 0. The summed E-state index contributed by atoms with van der Waals surface area (Å²) in [6.07, 6.45) is 0. The Bertz CT molecular complexity index is 519. The summed E-state index contributed by atoms with van der Waals surface area (Å²) in [6.45, 7) is 1.51. The third-order valence-electron chi connectivity index (χ3n) is 1.81. The van der Waals surface area contributed by atoms with Crippen LogP contribution in [0.2, 0.25) is 0 Å². The van der Waals surface area contributed by atoms with E-state index in [2.05, 4.69) is 8.83 Å². The lowest BCUT2D eigenvalue weighted by Gasteiger charge is -1.99. The van der Waals surface area contributed by atoms with Gasteiger partial charge in [-0.3, -0.25) is 0 Å². The van der Waals surface area contributed by atoms with Crippen LogP contribution in [0.3, 0.4) is 0 Å². The van der Waals surface area contributed by atoms with Gasteiger partial charge in [0.15, 0.2) is 22.7 Å². The quantitative estimate of drug-likeness (QED) is 0.596. The van der Waals surface area contributed by atoms with E-state index in [9.17, 15) is 9.90 Å². The van der Waals surface area contributed by atoms with Gasteiger partial charge in [-0.15, -0.1) is 0 Å². The summed E-state index contributed by atoms with van der Waals surface area (Å²) in [5.41, 5.74) is 0.555. The van der Waals surface area contributed by atoms with Crippen LogP contribution in [0.1, 0.15) is 5.56 Å². The first-order chi connectivity index (χ1) is 6.09. The summed E-state index contributed by atoms with van der Waals surface area (Å²) in [5.74, 6) is -1.50. The van der Waals surface area contributed by atoms with Crippen LogP contribution in [-0.2, 0) is 0 Å². The Morgan fingerprint density at radius 1 is 1.31 bits per heavy atom. The molecule has 0 unspecified atom stereocenters. The number of rotatable bonds is 0. The standard InChI is InChI=1S/C8H6O5/c1-3-6(10)4(9)2-5-7(3)13-8(11)12-5/h2,9-10H,1H3. The van der Waals surface area contributed by atoms with Gasteiger partial charge >= 0.3 is 5.82 Å². The zero-order valence-corrected chi connectivity index (χ0v) is 6.70. The van der Waals surface area contributed by atoms with Gasteiger partial charge in [0, 0.05) is 11.6 Å². The molecule has 1 aromatic carbocycles. The number of phenols is 2. The molecule has 0 bridgehead atoms. The van der Waals surface area contributed by atoms with E-state index in [0.29, 0.717) is 0 Å². The molecule has 13 heavy (non-hydrogen) atoms. The molecule has 0 amide bonds. The van der Waals surface area contributed by atoms with E-state index in [4.69, 9.17) is 5.11 Å². The van der Waals surface area contributed by atoms with E-state index in [1.165, 1.54) is 6.92 Å². The van der Waals surface area contributed by atoms with Gasteiger partial charge in [-0.05, 0) is 6.92 Å². The maximum absolute atomic E-state index is 10.7. The van der Waals surface area contributed by atoms with Crippen LogP contribution in [0.15, 0.2) is 19.7 Å². The zero-order chi connectivity index (χ0) is 9.59. The molecule has 0 aliphatic rings. The molecule has 0 aliphatic heterocycles. The highest BCUT2D eigenvalue weighted by molar-refractivity contribution is 5.79. The number of benzene rings is 1. The first-order valence-electron chi connectivity index (χ1n) is 3.55. The van der Waals surface area contributed by atoms with Gasteiger partial charge in [-0.1, -0.05) is 0 Å². The highest BCUT2D eigenvalue weighted by atomic mass is 16.6. The number of aryl methyl sites for hydroxylation is 1. The Morgan fingerprint density at radius 2 is 2.00 bits per heavy atom. The second kappa shape index (κ2) is 2.29. The molecule has 0 saturated heterocycles. The first kappa shape index (κ1) is 7.72. The monoisotopic (exact) mass is 182 g/mol. The summed E-state index contributed by atoms with van der Waals surface area (Å²) in [7, 11) is 0. The van der Waals surface area contributed by atoms with Crippen LogP contribution in [0.25, 0.3) is 11.2 Å².